The number of terminal acetylenes is 1. The second-order valence-corrected chi connectivity index (χ2v) is 4.63. The van der Waals surface area contributed by atoms with Gasteiger partial charge in [0.2, 0.25) is 5.95 Å². The SMILES string of the molecule is C#CCc1c(C)nc(N)nc1C(C)(C)C. The summed E-state index contributed by atoms with van der Waals surface area (Å²) in [6.45, 7) is 8.19. The Hall–Kier alpha value is -1.56. The summed E-state index contributed by atoms with van der Waals surface area (Å²) in [6.07, 6.45) is 5.90. The van der Waals surface area contributed by atoms with Gasteiger partial charge < -0.3 is 5.73 Å². The monoisotopic (exact) mass is 203 g/mol. The number of rotatable bonds is 1. The van der Waals surface area contributed by atoms with Crippen molar-refractivity contribution in [1.82, 2.24) is 9.97 Å². The van der Waals surface area contributed by atoms with Gasteiger partial charge in [0, 0.05) is 23.1 Å². The zero-order valence-electron chi connectivity index (χ0n) is 9.76. The summed E-state index contributed by atoms with van der Waals surface area (Å²) in [5.41, 5.74) is 8.44. The predicted molar refractivity (Wildman–Crippen MR) is 62.4 cm³/mol. The fourth-order valence-corrected chi connectivity index (χ4v) is 1.55. The summed E-state index contributed by atoms with van der Waals surface area (Å²) in [5.74, 6) is 2.95. The molecule has 0 fully saturated rings. The molecule has 0 amide bonds. The lowest BCUT2D eigenvalue weighted by molar-refractivity contribution is 0.560. The number of nitrogens with two attached hydrogens (primary N) is 1. The third-order valence-corrected chi connectivity index (χ3v) is 2.22. The van der Waals surface area contributed by atoms with Gasteiger partial charge in [0.25, 0.3) is 0 Å². The number of nitrogens with zero attached hydrogens (tertiary/aromatic N) is 2. The molecule has 0 spiro atoms. The molecule has 1 aromatic heterocycles. The van der Waals surface area contributed by atoms with E-state index in [1.807, 2.05) is 6.92 Å². The minimum absolute atomic E-state index is 0.0615. The van der Waals surface area contributed by atoms with E-state index in [1.165, 1.54) is 0 Å². The van der Waals surface area contributed by atoms with E-state index in [1.54, 1.807) is 0 Å². The quantitative estimate of drug-likeness (QED) is 0.708. The van der Waals surface area contributed by atoms with Gasteiger partial charge in [0.15, 0.2) is 0 Å². The first-order chi connectivity index (χ1) is 6.86. The van der Waals surface area contributed by atoms with Crippen molar-refractivity contribution in [1.29, 1.82) is 0 Å². The molecule has 0 atom stereocenters. The smallest absolute Gasteiger partial charge is 0.220 e. The molecule has 0 aromatic carbocycles. The average molecular weight is 203 g/mol. The van der Waals surface area contributed by atoms with Crippen molar-refractivity contribution in [2.45, 2.75) is 39.5 Å². The first-order valence-corrected chi connectivity index (χ1v) is 4.93. The Labute approximate surface area is 91.1 Å². The van der Waals surface area contributed by atoms with Crippen molar-refractivity contribution < 1.29 is 0 Å². The molecular formula is C12H17N3. The van der Waals surface area contributed by atoms with Crippen molar-refractivity contribution in [3.63, 3.8) is 0 Å². The van der Waals surface area contributed by atoms with Crippen LogP contribution in [0, 0.1) is 19.3 Å². The molecule has 80 valence electrons. The molecule has 0 saturated carbocycles. The number of hydrogen-bond acceptors (Lipinski definition) is 3. The first kappa shape index (κ1) is 11.5. The Morgan fingerprint density at radius 1 is 1.33 bits per heavy atom. The Morgan fingerprint density at radius 2 is 1.93 bits per heavy atom. The number of anilines is 1. The van der Waals surface area contributed by atoms with Crippen LogP contribution in [0.25, 0.3) is 0 Å². The molecule has 0 saturated heterocycles. The van der Waals surface area contributed by atoms with E-state index < -0.39 is 0 Å². The van der Waals surface area contributed by atoms with Gasteiger partial charge in [0.05, 0.1) is 5.69 Å². The van der Waals surface area contributed by atoms with Gasteiger partial charge >= 0.3 is 0 Å². The van der Waals surface area contributed by atoms with Gasteiger partial charge in [-0.2, -0.15) is 0 Å². The van der Waals surface area contributed by atoms with Crippen LogP contribution in [0.4, 0.5) is 5.95 Å². The molecule has 0 aliphatic carbocycles. The van der Waals surface area contributed by atoms with Crippen LogP contribution in [-0.2, 0) is 11.8 Å². The van der Waals surface area contributed by atoms with E-state index in [0.717, 1.165) is 17.0 Å². The molecule has 1 aromatic rings. The Morgan fingerprint density at radius 3 is 2.40 bits per heavy atom. The van der Waals surface area contributed by atoms with Crippen LogP contribution in [0.5, 0.6) is 0 Å². The molecule has 3 heteroatoms. The maximum absolute atomic E-state index is 5.65. The van der Waals surface area contributed by atoms with Crippen molar-refractivity contribution in [2.75, 3.05) is 5.73 Å². The minimum atomic E-state index is -0.0615. The first-order valence-electron chi connectivity index (χ1n) is 4.93. The molecule has 15 heavy (non-hydrogen) atoms. The molecule has 0 aliphatic heterocycles. The number of aromatic nitrogens is 2. The summed E-state index contributed by atoms with van der Waals surface area (Å²) >= 11 is 0. The molecule has 1 heterocycles. The van der Waals surface area contributed by atoms with Crippen LogP contribution < -0.4 is 5.73 Å². The van der Waals surface area contributed by atoms with Gasteiger partial charge in [-0.25, -0.2) is 9.97 Å². The molecule has 3 nitrogen and oxygen atoms in total. The second-order valence-electron chi connectivity index (χ2n) is 4.63. The highest BCUT2D eigenvalue weighted by Crippen LogP contribution is 2.26. The summed E-state index contributed by atoms with van der Waals surface area (Å²) in [4.78, 5) is 8.43. The highest BCUT2D eigenvalue weighted by molar-refractivity contribution is 5.37. The molecule has 0 bridgehead atoms. The summed E-state index contributed by atoms with van der Waals surface area (Å²) in [7, 11) is 0. The maximum atomic E-state index is 5.65. The maximum Gasteiger partial charge on any atom is 0.220 e. The van der Waals surface area contributed by atoms with Crippen molar-refractivity contribution in [3.8, 4) is 12.3 Å². The topological polar surface area (TPSA) is 51.8 Å². The van der Waals surface area contributed by atoms with Crippen LogP contribution in [0.1, 0.15) is 37.7 Å². The lowest BCUT2D eigenvalue weighted by Gasteiger charge is -2.22. The number of hydrogen-bond donors (Lipinski definition) is 1. The average Bonchev–Trinajstić information content (AvgIpc) is 2.07. The van der Waals surface area contributed by atoms with Crippen LogP contribution in [-0.4, -0.2) is 9.97 Å². The highest BCUT2D eigenvalue weighted by atomic mass is 15.0. The zero-order valence-corrected chi connectivity index (χ0v) is 9.76. The fourth-order valence-electron chi connectivity index (χ4n) is 1.55. The largest absolute Gasteiger partial charge is 0.368 e. The Bertz CT molecular complexity index is 408. The molecule has 1 rings (SSSR count). The molecular weight excluding hydrogens is 186 g/mol. The number of nitrogen functional groups attached to an aromatic ring is 1. The predicted octanol–water partition coefficient (Wildman–Crippen LogP) is 1.84. The van der Waals surface area contributed by atoms with Gasteiger partial charge in [-0.05, 0) is 6.92 Å². The van der Waals surface area contributed by atoms with Crippen LogP contribution in [0.2, 0.25) is 0 Å². The summed E-state index contributed by atoms with van der Waals surface area (Å²) in [6, 6.07) is 0. The Kier molecular flexibility index (Phi) is 2.99. The van der Waals surface area contributed by atoms with Gasteiger partial charge in [0.1, 0.15) is 0 Å². The lowest BCUT2D eigenvalue weighted by atomic mass is 9.87. The third-order valence-electron chi connectivity index (χ3n) is 2.22. The third kappa shape index (κ3) is 2.47. The van der Waals surface area contributed by atoms with E-state index in [9.17, 15) is 0 Å². The van der Waals surface area contributed by atoms with Crippen LogP contribution in [0.3, 0.4) is 0 Å². The Balaban J connectivity index is 3.41. The van der Waals surface area contributed by atoms with Gasteiger partial charge in [-0.3, -0.25) is 0 Å². The minimum Gasteiger partial charge on any atom is -0.368 e. The van der Waals surface area contributed by atoms with E-state index >= 15 is 0 Å². The summed E-state index contributed by atoms with van der Waals surface area (Å²) in [5, 5.41) is 0. The normalized spacial score (nSPS) is 11.1. The zero-order chi connectivity index (χ0) is 11.6. The lowest BCUT2D eigenvalue weighted by Crippen LogP contribution is -2.19. The molecule has 0 aliphatic rings. The van der Waals surface area contributed by atoms with Crippen LogP contribution >= 0.6 is 0 Å². The summed E-state index contributed by atoms with van der Waals surface area (Å²) < 4.78 is 0. The van der Waals surface area contributed by atoms with E-state index in [0.29, 0.717) is 12.4 Å². The second kappa shape index (κ2) is 3.90. The van der Waals surface area contributed by atoms with E-state index in [2.05, 4.69) is 36.7 Å². The number of aryl methyl sites for hydroxylation is 1. The van der Waals surface area contributed by atoms with Crippen molar-refractivity contribution >= 4 is 5.95 Å². The van der Waals surface area contributed by atoms with Crippen molar-refractivity contribution in [3.05, 3.63) is 17.0 Å². The van der Waals surface area contributed by atoms with E-state index in [-0.39, 0.29) is 5.41 Å². The molecule has 0 unspecified atom stereocenters. The van der Waals surface area contributed by atoms with E-state index in [4.69, 9.17) is 12.2 Å². The molecule has 0 radical (unpaired) electrons. The van der Waals surface area contributed by atoms with Crippen LogP contribution in [0.15, 0.2) is 0 Å². The van der Waals surface area contributed by atoms with Gasteiger partial charge in [-0.15, -0.1) is 12.3 Å². The van der Waals surface area contributed by atoms with Gasteiger partial charge in [-0.1, -0.05) is 20.8 Å². The molecule has 2 N–H and O–H groups in total. The fraction of sp³-hybridized carbons (Fsp3) is 0.500. The highest BCUT2D eigenvalue weighted by Gasteiger charge is 2.21. The standard InChI is InChI=1S/C12H17N3/c1-6-7-9-8(2)14-11(13)15-10(9)12(3,4)5/h1H,7H2,2-5H3,(H2,13,14,15). The van der Waals surface area contributed by atoms with Crippen molar-refractivity contribution in [2.24, 2.45) is 0 Å².